The number of aliphatic carboxylic acids is 1. The monoisotopic (exact) mass is 189 g/mol. The lowest BCUT2D eigenvalue weighted by Crippen LogP contribution is -2.44. The number of hydrogen-bond donors (Lipinski definition) is 2. The van der Waals surface area contributed by atoms with Gasteiger partial charge in [-0.05, 0) is 19.8 Å². The van der Waals surface area contributed by atoms with Crippen molar-refractivity contribution in [3.05, 3.63) is 0 Å². The van der Waals surface area contributed by atoms with E-state index in [1.807, 2.05) is 0 Å². The van der Waals surface area contributed by atoms with E-state index in [4.69, 9.17) is 5.11 Å². The Bertz CT molecular complexity index is 188. The molecule has 0 aliphatic heterocycles. The SMILES string of the molecule is CC(F)(CNC1CCCC1)C(=O)O. The average molecular weight is 189 g/mol. The summed E-state index contributed by atoms with van der Waals surface area (Å²) < 4.78 is 13.2. The Morgan fingerprint density at radius 1 is 1.62 bits per heavy atom. The maximum atomic E-state index is 13.2. The quantitative estimate of drug-likeness (QED) is 0.701. The molecule has 4 heteroatoms. The van der Waals surface area contributed by atoms with Crippen molar-refractivity contribution in [3.63, 3.8) is 0 Å². The van der Waals surface area contributed by atoms with E-state index in [9.17, 15) is 9.18 Å². The zero-order valence-electron chi connectivity index (χ0n) is 7.85. The minimum Gasteiger partial charge on any atom is -0.479 e. The van der Waals surface area contributed by atoms with Crippen LogP contribution in [0, 0.1) is 0 Å². The first-order valence-corrected chi connectivity index (χ1v) is 4.68. The second kappa shape index (κ2) is 4.05. The second-order valence-corrected chi connectivity index (χ2v) is 3.86. The van der Waals surface area contributed by atoms with Crippen LogP contribution < -0.4 is 5.32 Å². The van der Waals surface area contributed by atoms with E-state index < -0.39 is 11.6 Å². The highest BCUT2D eigenvalue weighted by Crippen LogP contribution is 2.18. The van der Waals surface area contributed by atoms with Gasteiger partial charge in [0, 0.05) is 12.6 Å². The van der Waals surface area contributed by atoms with E-state index in [2.05, 4.69) is 5.32 Å². The van der Waals surface area contributed by atoms with Gasteiger partial charge in [-0.25, -0.2) is 9.18 Å². The van der Waals surface area contributed by atoms with Crippen molar-refractivity contribution >= 4 is 5.97 Å². The molecule has 2 N–H and O–H groups in total. The lowest BCUT2D eigenvalue weighted by Gasteiger charge is -2.19. The molecular formula is C9H16FNO2. The molecule has 0 aromatic carbocycles. The van der Waals surface area contributed by atoms with Crippen molar-refractivity contribution in [1.82, 2.24) is 5.32 Å². The predicted molar refractivity (Wildman–Crippen MR) is 47.4 cm³/mol. The van der Waals surface area contributed by atoms with Gasteiger partial charge < -0.3 is 10.4 Å². The minimum absolute atomic E-state index is 0.0903. The summed E-state index contributed by atoms with van der Waals surface area (Å²) in [7, 11) is 0. The molecule has 0 heterocycles. The molecule has 0 aromatic heterocycles. The van der Waals surface area contributed by atoms with Crippen molar-refractivity contribution in [3.8, 4) is 0 Å². The van der Waals surface area contributed by atoms with Crippen LogP contribution in [0.5, 0.6) is 0 Å². The fourth-order valence-corrected chi connectivity index (χ4v) is 1.54. The van der Waals surface area contributed by atoms with Gasteiger partial charge in [-0.3, -0.25) is 0 Å². The van der Waals surface area contributed by atoms with Crippen LogP contribution in [0.25, 0.3) is 0 Å². The van der Waals surface area contributed by atoms with Gasteiger partial charge >= 0.3 is 5.97 Å². The highest BCUT2D eigenvalue weighted by atomic mass is 19.1. The van der Waals surface area contributed by atoms with E-state index in [1.165, 1.54) is 0 Å². The largest absolute Gasteiger partial charge is 0.479 e. The van der Waals surface area contributed by atoms with Gasteiger partial charge in [0.25, 0.3) is 0 Å². The zero-order valence-corrected chi connectivity index (χ0v) is 7.85. The molecule has 0 saturated heterocycles. The molecule has 1 atom stereocenters. The predicted octanol–water partition coefficient (Wildman–Crippen LogP) is 1.33. The molecule has 1 rings (SSSR count). The summed E-state index contributed by atoms with van der Waals surface area (Å²) in [5.41, 5.74) is -2.14. The third-order valence-electron chi connectivity index (χ3n) is 2.52. The Balaban J connectivity index is 2.28. The molecule has 1 aliphatic carbocycles. The van der Waals surface area contributed by atoms with E-state index in [0.717, 1.165) is 32.6 Å². The Morgan fingerprint density at radius 3 is 2.62 bits per heavy atom. The lowest BCUT2D eigenvalue weighted by atomic mass is 10.1. The molecule has 3 nitrogen and oxygen atoms in total. The molecule has 13 heavy (non-hydrogen) atoms. The van der Waals surface area contributed by atoms with Crippen LogP contribution in [0.2, 0.25) is 0 Å². The molecule has 0 bridgehead atoms. The number of rotatable bonds is 4. The minimum atomic E-state index is -2.14. The molecule has 1 saturated carbocycles. The van der Waals surface area contributed by atoms with Crippen LogP contribution in [-0.4, -0.2) is 29.3 Å². The summed E-state index contributed by atoms with van der Waals surface area (Å²) >= 11 is 0. The molecule has 76 valence electrons. The Labute approximate surface area is 77.3 Å². The van der Waals surface area contributed by atoms with E-state index in [-0.39, 0.29) is 6.54 Å². The molecule has 0 aromatic rings. The number of carbonyl (C=O) groups is 1. The van der Waals surface area contributed by atoms with Crippen LogP contribution in [0.15, 0.2) is 0 Å². The molecule has 0 spiro atoms. The number of nitrogens with one attached hydrogen (secondary N) is 1. The highest BCUT2D eigenvalue weighted by molar-refractivity contribution is 5.77. The maximum Gasteiger partial charge on any atom is 0.342 e. The summed E-state index contributed by atoms with van der Waals surface area (Å²) in [6.45, 7) is 1.00. The third-order valence-corrected chi connectivity index (χ3v) is 2.52. The first-order valence-electron chi connectivity index (χ1n) is 4.68. The van der Waals surface area contributed by atoms with Gasteiger partial charge in [-0.15, -0.1) is 0 Å². The molecule has 1 unspecified atom stereocenters. The number of halogens is 1. The molecule has 0 radical (unpaired) electrons. The summed E-state index contributed by atoms with van der Waals surface area (Å²) in [5, 5.41) is 11.4. The fraction of sp³-hybridized carbons (Fsp3) is 0.889. The lowest BCUT2D eigenvalue weighted by molar-refractivity contribution is -0.149. The van der Waals surface area contributed by atoms with Gasteiger partial charge in [0.2, 0.25) is 5.67 Å². The molecule has 0 amide bonds. The highest BCUT2D eigenvalue weighted by Gasteiger charge is 2.33. The van der Waals surface area contributed by atoms with Crippen molar-refractivity contribution < 1.29 is 14.3 Å². The average Bonchev–Trinajstić information content (AvgIpc) is 2.52. The van der Waals surface area contributed by atoms with Gasteiger partial charge in [-0.1, -0.05) is 12.8 Å². The normalized spacial score (nSPS) is 22.9. The van der Waals surface area contributed by atoms with Gasteiger partial charge in [0.05, 0.1) is 0 Å². The first kappa shape index (κ1) is 10.4. The Kier molecular flexibility index (Phi) is 3.25. The summed E-state index contributed by atoms with van der Waals surface area (Å²) in [4.78, 5) is 10.4. The Morgan fingerprint density at radius 2 is 2.15 bits per heavy atom. The Hall–Kier alpha value is -0.640. The second-order valence-electron chi connectivity index (χ2n) is 3.86. The smallest absolute Gasteiger partial charge is 0.342 e. The zero-order chi connectivity index (χ0) is 9.90. The molecule has 1 aliphatic rings. The fourth-order valence-electron chi connectivity index (χ4n) is 1.54. The number of alkyl halides is 1. The van der Waals surface area contributed by atoms with Gasteiger partial charge in [-0.2, -0.15) is 0 Å². The van der Waals surface area contributed by atoms with Gasteiger partial charge in [0.15, 0.2) is 0 Å². The van der Waals surface area contributed by atoms with Crippen molar-refractivity contribution in [2.45, 2.75) is 44.3 Å². The third kappa shape index (κ3) is 2.95. The summed E-state index contributed by atoms with van der Waals surface area (Å²) in [6.07, 6.45) is 4.40. The van der Waals surface area contributed by atoms with E-state index >= 15 is 0 Å². The standard InChI is InChI=1S/C9H16FNO2/c1-9(10,8(12)13)6-11-7-4-2-3-5-7/h7,11H,2-6H2,1H3,(H,12,13). The van der Waals surface area contributed by atoms with E-state index in [0.29, 0.717) is 6.04 Å². The number of carboxylic acids is 1. The molecular weight excluding hydrogens is 173 g/mol. The summed E-state index contributed by atoms with van der Waals surface area (Å²) in [5.74, 6) is -1.39. The van der Waals surface area contributed by atoms with Gasteiger partial charge in [0.1, 0.15) is 0 Å². The van der Waals surface area contributed by atoms with Crippen molar-refractivity contribution in [2.75, 3.05) is 6.54 Å². The van der Waals surface area contributed by atoms with Crippen molar-refractivity contribution in [2.24, 2.45) is 0 Å². The number of hydrogen-bond acceptors (Lipinski definition) is 2. The van der Waals surface area contributed by atoms with Crippen molar-refractivity contribution in [1.29, 1.82) is 0 Å². The van der Waals surface area contributed by atoms with Crippen LogP contribution in [0.3, 0.4) is 0 Å². The first-order chi connectivity index (χ1) is 6.02. The maximum absolute atomic E-state index is 13.2. The van der Waals surface area contributed by atoms with Crippen LogP contribution in [-0.2, 0) is 4.79 Å². The van der Waals surface area contributed by atoms with E-state index in [1.54, 1.807) is 0 Å². The topological polar surface area (TPSA) is 49.3 Å². The molecule has 1 fully saturated rings. The van der Waals surface area contributed by atoms with Crippen LogP contribution in [0.1, 0.15) is 32.6 Å². The van der Waals surface area contributed by atoms with Crippen LogP contribution >= 0.6 is 0 Å². The van der Waals surface area contributed by atoms with Crippen LogP contribution in [0.4, 0.5) is 4.39 Å². The summed E-state index contributed by atoms with van der Waals surface area (Å²) in [6, 6.07) is 0.314. The number of carboxylic acid groups (broad SMARTS) is 1.